The van der Waals surface area contributed by atoms with Crippen LogP contribution in [0.3, 0.4) is 0 Å². The second kappa shape index (κ2) is 6.56. The molecule has 0 unspecified atom stereocenters. The van der Waals surface area contributed by atoms with Crippen LogP contribution in [0.4, 0.5) is 5.69 Å². The van der Waals surface area contributed by atoms with E-state index in [2.05, 4.69) is 4.98 Å². The number of aromatic nitrogens is 1. The SMILES string of the molecule is CN(Cc1cc(=O)[nH]c2ccccc12)C(=O)c1ccc([N+](=O)[O-])cc1. The molecule has 3 rings (SSSR count). The van der Waals surface area contributed by atoms with Crippen LogP contribution in [0.5, 0.6) is 0 Å². The normalized spacial score (nSPS) is 10.6. The van der Waals surface area contributed by atoms with Gasteiger partial charge in [-0.1, -0.05) is 18.2 Å². The lowest BCUT2D eigenvalue weighted by atomic mass is 10.1. The van der Waals surface area contributed by atoms with Crippen molar-refractivity contribution in [1.82, 2.24) is 9.88 Å². The predicted molar refractivity (Wildman–Crippen MR) is 93.5 cm³/mol. The Balaban J connectivity index is 1.87. The summed E-state index contributed by atoms with van der Waals surface area (Å²) < 4.78 is 0. The molecule has 3 aromatic rings. The number of hydrogen-bond acceptors (Lipinski definition) is 4. The fourth-order valence-electron chi connectivity index (χ4n) is 2.68. The number of para-hydroxylation sites is 1. The van der Waals surface area contributed by atoms with Crippen molar-refractivity contribution in [2.75, 3.05) is 7.05 Å². The molecule has 0 aliphatic heterocycles. The number of nitro groups is 1. The molecule has 0 atom stereocenters. The molecule has 1 N–H and O–H groups in total. The molecule has 1 amide bonds. The maximum absolute atomic E-state index is 12.5. The number of H-pyrrole nitrogens is 1. The molecule has 25 heavy (non-hydrogen) atoms. The van der Waals surface area contributed by atoms with Crippen molar-refractivity contribution in [2.45, 2.75) is 6.54 Å². The number of carbonyl (C=O) groups excluding carboxylic acids is 1. The van der Waals surface area contributed by atoms with Gasteiger partial charge in [0.2, 0.25) is 5.56 Å². The van der Waals surface area contributed by atoms with Crippen LogP contribution in [0.15, 0.2) is 59.4 Å². The third kappa shape index (κ3) is 3.40. The molecule has 0 aliphatic carbocycles. The van der Waals surface area contributed by atoms with E-state index in [0.29, 0.717) is 11.1 Å². The minimum absolute atomic E-state index is 0.0696. The minimum atomic E-state index is -0.514. The number of carbonyl (C=O) groups is 1. The van der Waals surface area contributed by atoms with E-state index >= 15 is 0 Å². The fraction of sp³-hybridized carbons (Fsp3) is 0.111. The van der Waals surface area contributed by atoms with Crippen molar-refractivity contribution in [1.29, 1.82) is 0 Å². The number of aromatic amines is 1. The highest BCUT2D eigenvalue weighted by atomic mass is 16.6. The first-order valence-electron chi connectivity index (χ1n) is 7.56. The second-order valence-corrected chi connectivity index (χ2v) is 5.67. The molecular formula is C18H15N3O4. The molecule has 0 saturated heterocycles. The average molecular weight is 337 g/mol. The highest BCUT2D eigenvalue weighted by molar-refractivity contribution is 5.94. The molecule has 0 radical (unpaired) electrons. The van der Waals surface area contributed by atoms with E-state index in [0.717, 1.165) is 10.9 Å². The van der Waals surface area contributed by atoms with E-state index in [1.807, 2.05) is 18.2 Å². The molecule has 1 heterocycles. The molecule has 7 nitrogen and oxygen atoms in total. The number of benzene rings is 2. The summed E-state index contributed by atoms with van der Waals surface area (Å²) in [6.07, 6.45) is 0. The zero-order chi connectivity index (χ0) is 18.0. The van der Waals surface area contributed by atoms with Crippen LogP contribution in [0.1, 0.15) is 15.9 Å². The van der Waals surface area contributed by atoms with Crippen LogP contribution in [-0.2, 0) is 6.54 Å². The number of amides is 1. The quantitative estimate of drug-likeness (QED) is 0.585. The van der Waals surface area contributed by atoms with Gasteiger partial charge >= 0.3 is 0 Å². The first kappa shape index (κ1) is 16.4. The van der Waals surface area contributed by atoms with E-state index in [1.54, 1.807) is 13.1 Å². The van der Waals surface area contributed by atoms with Crippen LogP contribution in [0.2, 0.25) is 0 Å². The molecule has 7 heteroatoms. The molecule has 0 spiro atoms. The third-order valence-corrected chi connectivity index (χ3v) is 3.92. The Morgan fingerprint density at radius 2 is 1.84 bits per heavy atom. The largest absolute Gasteiger partial charge is 0.337 e. The lowest BCUT2D eigenvalue weighted by Gasteiger charge is -2.18. The molecule has 126 valence electrons. The van der Waals surface area contributed by atoms with Crippen molar-refractivity contribution in [3.05, 3.63) is 86.2 Å². The van der Waals surface area contributed by atoms with Gasteiger partial charge in [-0.25, -0.2) is 0 Å². The molecule has 0 fully saturated rings. The van der Waals surface area contributed by atoms with Gasteiger partial charge in [0.05, 0.1) is 4.92 Å². The monoisotopic (exact) mass is 337 g/mol. The van der Waals surface area contributed by atoms with Gasteiger partial charge in [-0.05, 0) is 23.8 Å². The molecule has 0 aliphatic rings. The summed E-state index contributed by atoms with van der Waals surface area (Å²) in [5.74, 6) is -0.278. The number of nitro benzene ring substituents is 1. The van der Waals surface area contributed by atoms with Crippen molar-refractivity contribution in [3.8, 4) is 0 Å². The van der Waals surface area contributed by atoms with Crippen LogP contribution in [0.25, 0.3) is 10.9 Å². The number of pyridine rings is 1. The van der Waals surface area contributed by atoms with Crippen LogP contribution < -0.4 is 5.56 Å². The van der Waals surface area contributed by atoms with Crippen molar-refractivity contribution in [3.63, 3.8) is 0 Å². The molecular weight excluding hydrogens is 322 g/mol. The minimum Gasteiger partial charge on any atom is -0.337 e. The van der Waals surface area contributed by atoms with Crippen molar-refractivity contribution < 1.29 is 9.72 Å². The summed E-state index contributed by atoms with van der Waals surface area (Å²) >= 11 is 0. The van der Waals surface area contributed by atoms with Gasteiger partial charge < -0.3 is 9.88 Å². The summed E-state index contributed by atoms with van der Waals surface area (Å²) in [5.41, 5.74) is 1.49. The smallest absolute Gasteiger partial charge is 0.269 e. The van der Waals surface area contributed by atoms with E-state index in [9.17, 15) is 19.7 Å². The summed E-state index contributed by atoms with van der Waals surface area (Å²) in [6.45, 7) is 0.250. The summed E-state index contributed by atoms with van der Waals surface area (Å²) in [5, 5.41) is 11.6. The average Bonchev–Trinajstić information content (AvgIpc) is 2.61. The maximum atomic E-state index is 12.5. The summed E-state index contributed by atoms with van der Waals surface area (Å²) in [6, 6.07) is 14.3. The van der Waals surface area contributed by atoms with Gasteiger partial charge in [0.1, 0.15) is 0 Å². The van der Waals surface area contributed by atoms with Crippen LogP contribution in [0, 0.1) is 10.1 Å². The Hall–Kier alpha value is -3.48. The Morgan fingerprint density at radius 3 is 2.52 bits per heavy atom. The number of hydrogen-bond donors (Lipinski definition) is 1. The standard InChI is InChI=1S/C18H15N3O4/c1-20(18(23)12-6-8-14(9-7-12)21(24)25)11-13-10-17(22)19-16-5-3-2-4-15(13)16/h2-10H,11H2,1H3,(H,19,22). The van der Waals surface area contributed by atoms with Gasteiger partial charge in [0.25, 0.3) is 11.6 Å². The molecule has 2 aromatic carbocycles. The highest BCUT2D eigenvalue weighted by Gasteiger charge is 2.15. The van der Waals surface area contributed by atoms with E-state index in [-0.39, 0.29) is 23.7 Å². The Labute approximate surface area is 142 Å². The van der Waals surface area contributed by atoms with E-state index < -0.39 is 4.92 Å². The van der Waals surface area contributed by atoms with Gasteiger partial charge in [-0.2, -0.15) is 0 Å². The van der Waals surface area contributed by atoms with Crippen LogP contribution >= 0.6 is 0 Å². The zero-order valence-corrected chi connectivity index (χ0v) is 13.4. The topological polar surface area (TPSA) is 96.3 Å². The Morgan fingerprint density at radius 1 is 1.16 bits per heavy atom. The fourth-order valence-corrected chi connectivity index (χ4v) is 2.68. The number of nitrogens with one attached hydrogen (secondary N) is 1. The van der Waals surface area contributed by atoms with Gasteiger partial charge in [-0.3, -0.25) is 19.7 Å². The number of fused-ring (bicyclic) bond motifs is 1. The molecule has 0 saturated carbocycles. The lowest BCUT2D eigenvalue weighted by Crippen LogP contribution is -2.27. The van der Waals surface area contributed by atoms with E-state index in [1.165, 1.54) is 35.2 Å². The number of nitrogens with zero attached hydrogens (tertiary/aromatic N) is 2. The van der Waals surface area contributed by atoms with Crippen molar-refractivity contribution in [2.24, 2.45) is 0 Å². The van der Waals surface area contributed by atoms with E-state index in [4.69, 9.17) is 0 Å². The molecule has 1 aromatic heterocycles. The van der Waals surface area contributed by atoms with Crippen molar-refractivity contribution >= 4 is 22.5 Å². The number of non-ortho nitro benzene ring substituents is 1. The van der Waals surface area contributed by atoms with Gasteiger partial charge in [0, 0.05) is 48.3 Å². The maximum Gasteiger partial charge on any atom is 0.269 e. The molecule has 0 bridgehead atoms. The predicted octanol–water partition coefficient (Wildman–Crippen LogP) is 2.71. The van der Waals surface area contributed by atoms with Crippen LogP contribution in [-0.4, -0.2) is 27.8 Å². The van der Waals surface area contributed by atoms with Gasteiger partial charge in [0.15, 0.2) is 0 Å². The third-order valence-electron chi connectivity index (χ3n) is 3.92. The first-order valence-corrected chi connectivity index (χ1v) is 7.56. The Kier molecular flexibility index (Phi) is 4.30. The summed E-state index contributed by atoms with van der Waals surface area (Å²) in [4.78, 5) is 38.7. The first-order chi connectivity index (χ1) is 12.0. The highest BCUT2D eigenvalue weighted by Crippen LogP contribution is 2.18. The second-order valence-electron chi connectivity index (χ2n) is 5.67. The zero-order valence-electron chi connectivity index (χ0n) is 13.4. The number of rotatable bonds is 4. The van der Waals surface area contributed by atoms with Gasteiger partial charge in [-0.15, -0.1) is 0 Å². The summed E-state index contributed by atoms with van der Waals surface area (Å²) in [7, 11) is 1.62. The lowest BCUT2D eigenvalue weighted by molar-refractivity contribution is -0.384. The Bertz CT molecular complexity index is 1010.